The van der Waals surface area contributed by atoms with Crippen molar-refractivity contribution in [1.29, 1.82) is 5.26 Å². The molecule has 1 aliphatic heterocycles. The van der Waals surface area contributed by atoms with Crippen LogP contribution >= 0.6 is 0 Å². The Kier molecular flexibility index (Phi) is 4.41. The quantitative estimate of drug-likeness (QED) is 0.888. The maximum absolute atomic E-state index is 8.91. The van der Waals surface area contributed by atoms with Crippen LogP contribution in [-0.2, 0) is 0 Å². The summed E-state index contributed by atoms with van der Waals surface area (Å²) >= 11 is 0. The fourth-order valence-electron chi connectivity index (χ4n) is 2.31. The fraction of sp³-hybridized carbons (Fsp3) is 0.533. The number of nitriles is 1. The molecular weight excluding hydrogens is 236 g/mol. The standard InChI is InChI=1S/C15H22N4/c1-15(17,13-16)7-8-18-9-11-19(12-10-18)14-5-3-2-4-6-14/h2-6H,7-12,17H2,1H3. The van der Waals surface area contributed by atoms with Crippen molar-refractivity contribution in [2.45, 2.75) is 18.9 Å². The third kappa shape index (κ3) is 3.95. The molecule has 102 valence electrons. The maximum Gasteiger partial charge on any atom is 0.102 e. The van der Waals surface area contributed by atoms with Gasteiger partial charge in [0, 0.05) is 38.4 Å². The van der Waals surface area contributed by atoms with Crippen molar-refractivity contribution in [3.63, 3.8) is 0 Å². The third-order valence-electron chi connectivity index (χ3n) is 3.70. The van der Waals surface area contributed by atoms with Gasteiger partial charge in [-0.05, 0) is 25.5 Å². The number of piperazine rings is 1. The van der Waals surface area contributed by atoms with Gasteiger partial charge in [0.05, 0.1) is 6.07 Å². The van der Waals surface area contributed by atoms with E-state index in [2.05, 4.69) is 40.1 Å². The number of benzene rings is 1. The zero-order valence-corrected chi connectivity index (χ0v) is 11.5. The van der Waals surface area contributed by atoms with Crippen LogP contribution in [0.2, 0.25) is 0 Å². The molecular formula is C15H22N4. The van der Waals surface area contributed by atoms with Crippen LogP contribution in [-0.4, -0.2) is 43.2 Å². The first-order valence-corrected chi connectivity index (χ1v) is 6.83. The molecule has 1 aromatic carbocycles. The Labute approximate surface area is 115 Å². The molecule has 4 heteroatoms. The predicted molar refractivity (Wildman–Crippen MR) is 77.9 cm³/mol. The predicted octanol–water partition coefficient (Wildman–Crippen LogP) is 1.44. The highest BCUT2D eigenvalue weighted by molar-refractivity contribution is 5.46. The molecule has 2 N–H and O–H groups in total. The van der Waals surface area contributed by atoms with Crippen molar-refractivity contribution in [3.05, 3.63) is 30.3 Å². The molecule has 2 rings (SSSR count). The maximum atomic E-state index is 8.91. The van der Waals surface area contributed by atoms with E-state index in [1.807, 2.05) is 6.07 Å². The van der Waals surface area contributed by atoms with Gasteiger partial charge < -0.3 is 10.6 Å². The van der Waals surface area contributed by atoms with Crippen molar-refractivity contribution in [2.24, 2.45) is 5.73 Å². The SMILES string of the molecule is CC(N)(C#N)CCN1CCN(c2ccccc2)CC1. The summed E-state index contributed by atoms with van der Waals surface area (Å²) in [6, 6.07) is 12.7. The third-order valence-corrected chi connectivity index (χ3v) is 3.70. The van der Waals surface area contributed by atoms with Gasteiger partial charge in [0.15, 0.2) is 0 Å². The molecule has 1 atom stereocenters. The lowest BCUT2D eigenvalue weighted by molar-refractivity contribution is 0.242. The number of hydrogen-bond donors (Lipinski definition) is 1. The van der Waals surface area contributed by atoms with Crippen molar-refractivity contribution in [3.8, 4) is 6.07 Å². The molecule has 19 heavy (non-hydrogen) atoms. The van der Waals surface area contributed by atoms with E-state index in [1.165, 1.54) is 5.69 Å². The van der Waals surface area contributed by atoms with Crippen LogP contribution in [0.5, 0.6) is 0 Å². The largest absolute Gasteiger partial charge is 0.369 e. The summed E-state index contributed by atoms with van der Waals surface area (Å²) in [6.45, 7) is 6.86. The summed E-state index contributed by atoms with van der Waals surface area (Å²) in [5.74, 6) is 0. The van der Waals surface area contributed by atoms with Crippen LogP contribution in [0.25, 0.3) is 0 Å². The normalized spacial score (nSPS) is 19.7. The second kappa shape index (κ2) is 6.05. The average molecular weight is 258 g/mol. The zero-order chi connectivity index (χ0) is 13.7. The van der Waals surface area contributed by atoms with Gasteiger partial charge in [-0.3, -0.25) is 4.90 Å². The second-order valence-corrected chi connectivity index (χ2v) is 5.44. The summed E-state index contributed by atoms with van der Waals surface area (Å²) in [5, 5.41) is 8.91. The Morgan fingerprint density at radius 2 is 1.84 bits per heavy atom. The molecule has 1 heterocycles. The Morgan fingerprint density at radius 3 is 2.42 bits per heavy atom. The van der Waals surface area contributed by atoms with Gasteiger partial charge in [-0.25, -0.2) is 0 Å². The molecule has 1 fully saturated rings. The minimum atomic E-state index is -0.698. The van der Waals surface area contributed by atoms with Crippen LogP contribution < -0.4 is 10.6 Å². The number of anilines is 1. The molecule has 0 spiro atoms. The van der Waals surface area contributed by atoms with Crippen LogP contribution in [0, 0.1) is 11.3 Å². The Hall–Kier alpha value is -1.57. The summed E-state index contributed by atoms with van der Waals surface area (Å²) in [7, 11) is 0. The average Bonchev–Trinajstić information content (AvgIpc) is 2.47. The number of hydrogen-bond acceptors (Lipinski definition) is 4. The molecule has 1 aliphatic rings. The monoisotopic (exact) mass is 258 g/mol. The highest BCUT2D eigenvalue weighted by Crippen LogP contribution is 2.16. The van der Waals surface area contributed by atoms with E-state index in [1.54, 1.807) is 6.92 Å². The first-order valence-electron chi connectivity index (χ1n) is 6.83. The van der Waals surface area contributed by atoms with E-state index in [0.29, 0.717) is 0 Å². The topological polar surface area (TPSA) is 56.3 Å². The van der Waals surface area contributed by atoms with Crippen LogP contribution in [0.1, 0.15) is 13.3 Å². The number of rotatable bonds is 4. The Balaban J connectivity index is 1.79. The summed E-state index contributed by atoms with van der Waals surface area (Å²) in [6.07, 6.45) is 0.731. The van der Waals surface area contributed by atoms with E-state index in [-0.39, 0.29) is 0 Å². The lowest BCUT2D eigenvalue weighted by Crippen LogP contribution is -2.48. The smallest absolute Gasteiger partial charge is 0.102 e. The molecule has 1 unspecified atom stereocenters. The molecule has 0 aromatic heterocycles. The van der Waals surface area contributed by atoms with E-state index in [0.717, 1.165) is 39.1 Å². The van der Waals surface area contributed by atoms with Gasteiger partial charge in [0.25, 0.3) is 0 Å². The van der Waals surface area contributed by atoms with Gasteiger partial charge in [-0.1, -0.05) is 18.2 Å². The zero-order valence-electron chi connectivity index (χ0n) is 11.5. The number of nitrogens with zero attached hydrogens (tertiary/aromatic N) is 3. The summed E-state index contributed by atoms with van der Waals surface area (Å²) < 4.78 is 0. The van der Waals surface area contributed by atoms with E-state index < -0.39 is 5.54 Å². The van der Waals surface area contributed by atoms with Gasteiger partial charge in [0.2, 0.25) is 0 Å². The second-order valence-electron chi connectivity index (χ2n) is 5.44. The molecule has 0 radical (unpaired) electrons. The minimum Gasteiger partial charge on any atom is -0.369 e. The molecule has 0 saturated carbocycles. The van der Waals surface area contributed by atoms with Crippen LogP contribution in [0.15, 0.2) is 30.3 Å². The van der Waals surface area contributed by atoms with Crippen LogP contribution in [0.3, 0.4) is 0 Å². The van der Waals surface area contributed by atoms with Gasteiger partial charge in [-0.2, -0.15) is 5.26 Å². The first kappa shape index (κ1) is 13.9. The minimum absolute atomic E-state index is 0.698. The van der Waals surface area contributed by atoms with E-state index >= 15 is 0 Å². The summed E-state index contributed by atoms with van der Waals surface area (Å²) in [5.41, 5.74) is 6.45. The highest BCUT2D eigenvalue weighted by Gasteiger charge is 2.21. The molecule has 0 aliphatic carbocycles. The van der Waals surface area contributed by atoms with E-state index in [4.69, 9.17) is 11.0 Å². The van der Waals surface area contributed by atoms with Gasteiger partial charge in [-0.15, -0.1) is 0 Å². The Bertz CT molecular complexity index is 427. The lowest BCUT2D eigenvalue weighted by atomic mass is 10.0. The lowest BCUT2D eigenvalue weighted by Gasteiger charge is -2.36. The molecule has 0 amide bonds. The fourth-order valence-corrected chi connectivity index (χ4v) is 2.31. The summed E-state index contributed by atoms with van der Waals surface area (Å²) in [4.78, 5) is 4.80. The van der Waals surface area contributed by atoms with Gasteiger partial charge >= 0.3 is 0 Å². The first-order chi connectivity index (χ1) is 9.11. The Morgan fingerprint density at radius 1 is 1.21 bits per heavy atom. The number of nitrogens with two attached hydrogens (primary N) is 1. The van der Waals surface area contributed by atoms with Gasteiger partial charge in [0.1, 0.15) is 5.54 Å². The van der Waals surface area contributed by atoms with Crippen molar-refractivity contribution < 1.29 is 0 Å². The highest BCUT2D eigenvalue weighted by atomic mass is 15.3. The molecule has 4 nitrogen and oxygen atoms in total. The molecule has 1 saturated heterocycles. The van der Waals surface area contributed by atoms with Crippen molar-refractivity contribution in [2.75, 3.05) is 37.6 Å². The number of para-hydroxylation sites is 1. The van der Waals surface area contributed by atoms with Crippen molar-refractivity contribution in [1.82, 2.24) is 4.90 Å². The molecule has 1 aromatic rings. The van der Waals surface area contributed by atoms with E-state index in [9.17, 15) is 0 Å². The van der Waals surface area contributed by atoms with Crippen LogP contribution in [0.4, 0.5) is 5.69 Å². The molecule has 0 bridgehead atoms. The van der Waals surface area contributed by atoms with Crippen molar-refractivity contribution >= 4 is 5.69 Å².